The number of ether oxygens (including phenoxy) is 1. The molecule has 1 aromatic heterocycles. The zero-order chi connectivity index (χ0) is 20.8. The van der Waals surface area contributed by atoms with Gasteiger partial charge in [-0.25, -0.2) is 14.4 Å². The molecule has 1 amide bonds. The van der Waals surface area contributed by atoms with Gasteiger partial charge in [0.15, 0.2) is 5.82 Å². The van der Waals surface area contributed by atoms with Gasteiger partial charge in [-0.3, -0.25) is 4.79 Å². The van der Waals surface area contributed by atoms with Crippen LogP contribution in [0.3, 0.4) is 0 Å². The fourth-order valence-electron chi connectivity index (χ4n) is 2.52. The SMILES string of the molecule is COc1ccc(-c2nc(C)cc(SCC(=O)NCc3ccc(F)c(Cl)c3)n2)cc1. The number of amides is 1. The Labute approximate surface area is 177 Å². The second-order valence-electron chi connectivity index (χ2n) is 6.21. The number of carbonyl (C=O) groups is 1. The molecule has 0 aliphatic rings. The molecule has 1 heterocycles. The van der Waals surface area contributed by atoms with Gasteiger partial charge >= 0.3 is 0 Å². The number of carbonyl (C=O) groups excluding carboxylic acids is 1. The maximum atomic E-state index is 13.2. The van der Waals surface area contributed by atoms with Crippen molar-refractivity contribution in [2.75, 3.05) is 12.9 Å². The van der Waals surface area contributed by atoms with Crippen LogP contribution in [-0.2, 0) is 11.3 Å². The van der Waals surface area contributed by atoms with Crippen LogP contribution in [0.25, 0.3) is 11.4 Å². The molecular weight excluding hydrogens is 413 g/mol. The van der Waals surface area contributed by atoms with Crippen molar-refractivity contribution < 1.29 is 13.9 Å². The summed E-state index contributed by atoms with van der Waals surface area (Å²) in [5.41, 5.74) is 2.41. The third-order valence-corrected chi connectivity index (χ3v) is 5.20. The molecule has 0 saturated carbocycles. The van der Waals surface area contributed by atoms with E-state index in [1.165, 1.54) is 23.9 Å². The Morgan fingerprint density at radius 3 is 2.62 bits per heavy atom. The van der Waals surface area contributed by atoms with Crippen molar-refractivity contribution in [3.63, 3.8) is 0 Å². The van der Waals surface area contributed by atoms with E-state index in [4.69, 9.17) is 16.3 Å². The molecule has 2 aromatic carbocycles. The number of halogens is 2. The Morgan fingerprint density at radius 1 is 1.17 bits per heavy atom. The lowest BCUT2D eigenvalue weighted by Gasteiger charge is -2.08. The van der Waals surface area contributed by atoms with E-state index in [-0.39, 0.29) is 23.2 Å². The molecule has 0 aliphatic carbocycles. The standard InChI is InChI=1S/C21H19ClFN3O2S/c1-13-9-20(26-21(25-13)15-4-6-16(28-2)7-5-15)29-12-19(27)24-11-14-3-8-18(23)17(22)10-14/h3-10H,11-12H2,1-2H3,(H,24,27). The van der Waals surface area contributed by atoms with Crippen LogP contribution in [0, 0.1) is 12.7 Å². The average molecular weight is 432 g/mol. The first-order valence-corrected chi connectivity index (χ1v) is 10.1. The quantitative estimate of drug-likeness (QED) is 0.435. The molecule has 5 nitrogen and oxygen atoms in total. The molecule has 3 rings (SSSR count). The van der Waals surface area contributed by atoms with E-state index in [0.717, 1.165) is 22.6 Å². The highest BCUT2D eigenvalue weighted by molar-refractivity contribution is 7.99. The Morgan fingerprint density at radius 2 is 1.93 bits per heavy atom. The van der Waals surface area contributed by atoms with Gasteiger partial charge in [-0.15, -0.1) is 0 Å². The number of thioether (sulfide) groups is 1. The predicted molar refractivity (Wildman–Crippen MR) is 113 cm³/mol. The van der Waals surface area contributed by atoms with Gasteiger partial charge in [-0.05, 0) is 55.0 Å². The number of benzene rings is 2. The van der Waals surface area contributed by atoms with Crippen molar-refractivity contribution in [3.05, 3.63) is 70.6 Å². The lowest BCUT2D eigenvalue weighted by Crippen LogP contribution is -2.24. The van der Waals surface area contributed by atoms with E-state index in [0.29, 0.717) is 10.9 Å². The number of aryl methyl sites for hydroxylation is 1. The van der Waals surface area contributed by atoms with E-state index in [1.807, 2.05) is 37.3 Å². The summed E-state index contributed by atoms with van der Waals surface area (Å²) in [6.45, 7) is 2.16. The predicted octanol–water partition coefficient (Wildman–Crippen LogP) is 4.66. The van der Waals surface area contributed by atoms with Crippen LogP contribution in [0.15, 0.2) is 53.6 Å². The first kappa shape index (κ1) is 21.1. The monoisotopic (exact) mass is 431 g/mol. The molecule has 0 unspecified atom stereocenters. The molecule has 0 radical (unpaired) electrons. The van der Waals surface area contributed by atoms with Gasteiger partial charge in [-0.1, -0.05) is 29.4 Å². The number of methoxy groups -OCH3 is 1. The van der Waals surface area contributed by atoms with Crippen LogP contribution in [0.4, 0.5) is 4.39 Å². The zero-order valence-electron chi connectivity index (χ0n) is 15.9. The first-order chi connectivity index (χ1) is 13.9. The Balaban J connectivity index is 1.60. The summed E-state index contributed by atoms with van der Waals surface area (Å²) in [5, 5.41) is 3.54. The highest BCUT2D eigenvalue weighted by Crippen LogP contribution is 2.23. The lowest BCUT2D eigenvalue weighted by atomic mass is 10.2. The largest absolute Gasteiger partial charge is 0.497 e. The molecule has 0 spiro atoms. The minimum atomic E-state index is -0.482. The normalized spacial score (nSPS) is 10.6. The smallest absolute Gasteiger partial charge is 0.230 e. The molecule has 3 aromatic rings. The summed E-state index contributed by atoms with van der Waals surface area (Å²) >= 11 is 7.08. The van der Waals surface area contributed by atoms with Crippen molar-refractivity contribution in [3.8, 4) is 17.1 Å². The highest BCUT2D eigenvalue weighted by atomic mass is 35.5. The molecule has 8 heteroatoms. The van der Waals surface area contributed by atoms with E-state index in [1.54, 1.807) is 13.2 Å². The van der Waals surface area contributed by atoms with E-state index < -0.39 is 5.82 Å². The summed E-state index contributed by atoms with van der Waals surface area (Å²) in [6.07, 6.45) is 0. The first-order valence-electron chi connectivity index (χ1n) is 8.78. The lowest BCUT2D eigenvalue weighted by molar-refractivity contribution is -0.118. The fraction of sp³-hybridized carbons (Fsp3) is 0.190. The van der Waals surface area contributed by atoms with Crippen molar-refractivity contribution in [2.45, 2.75) is 18.5 Å². The molecule has 0 atom stereocenters. The van der Waals surface area contributed by atoms with E-state index in [2.05, 4.69) is 15.3 Å². The summed E-state index contributed by atoms with van der Waals surface area (Å²) in [5.74, 6) is 0.918. The highest BCUT2D eigenvalue weighted by Gasteiger charge is 2.09. The summed E-state index contributed by atoms with van der Waals surface area (Å²) in [4.78, 5) is 21.2. The summed E-state index contributed by atoms with van der Waals surface area (Å²) in [7, 11) is 1.61. The van der Waals surface area contributed by atoms with Crippen LogP contribution >= 0.6 is 23.4 Å². The molecule has 0 bridgehead atoms. The van der Waals surface area contributed by atoms with Gasteiger partial charge in [0.2, 0.25) is 5.91 Å². The molecule has 150 valence electrons. The second-order valence-corrected chi connectivity index (χ2v) is 7.62. The molecule has 1 N–H and O–H groups in total. The molecular formula is C21H19ClFN3O2S. The summed E-state index contributed by atoms with van der Waals surface area (Å²) < 4.78 is 18.4. The minimum absolute atomic E-state index is 0.0358. The number of rotatable bonds is 7. The van der Waals surface area contributed by atoms with Crippen LogP contribution in [0.5, 0.6) is 5.75 Å². The van der Waals surface area contributed by atoms with Gasteiger partial charge in [0.25, 0.3) is 0 Å². The Kier molecular flexibility index (Phi) is 7.06. The number of hydrogen-bond donors (Lipinski definition) is 1. The van der Waals surface area contributed by atoms with Crippen molar-refractivity contribution in [1.29, 1.82) is 0 Å². The molecule has 0 saturated heterocycles. The van der Waals surface area contributed by atoms with Crippen LogP contribution in [-0.4, -0.2) is 28.7 Å². The fourth-order valence-corrected chi connectivity index (χ4v) is 3.51. The van der Waals surface area contributed by atoms with Gasteiger partial charge in [-0.2, -0.15) is 0 Å². The third kappa shape index (κ3) is 5.92. The Hall–Kier alpha value is -2.64. The average Bonchev–Trinajstić information content (AvgIpc) is 2.73. The van der Waals surface area contributed by atoms with Crippen LogP contribution in [0.2, 0.25) is 5.02 Å². The second kappa shape index (κ2) is 9.71. The van der Waals surface area contributed by atoms with Crippen molar-refractivity contribution in [1.82, 2.24) is 15.3 Å². The van der Waals surface area contributed by atoms with Crippen LogP contribution in [0.1, 0.15) is 11.3 Å². The van der Waals surface area contributed by atoms with Crippen molar-refractivity contribution in [2.24, 2.45) is 0 Å². The van der Waals surface area contributed by atoms with E-state index in [9.17, 15) is 9.18 Å². The van der Waals surface area contributed by atoms with Gasteiger partial charge < -0.3 is 10.1 Å². The maximum Gasteiger partial charge on any atom is 0.230 e. The molecule has 0 aliphatic heterocycles. The number of aromatic nitrogens is 2. The minimum Gasteiger partial charge on any atom is -0.497 e. The number of hydrogen-bond acceptors (Lipinski definition) is 5. The van der Waals surface area contributed by atoms with Crippen LogP contribution < -0.4 is 10.1 Å². The van der Waals surface area contributed by atoms with Gasteiger partial charge in [0.05, 0.1) is 17.9 Å². The topological polar surface area (TPSA) is 64.1 Å². The molecule has 0 fully saturated rings. The Bertz CT molecular complexity index is 1020. The maximum absolute atomic E-state index is 13.2. The van der Waals surface area contributed by atoms with Gasteiger partial charge in [0, 0.05) is 17.8 Å². The zero-order valence-corrected chi connectivity index (χ0v) is 17.5. The van der Waals surface area contributed by atoms with Crippen molar-refractivity contribution >= 4 is 29.3 Å². The summed E-state index contributed by atoms with van der Waals surface area (Å²) in [6, 6.07) is 13.7. The third-order valence-electron chi connectivity index (χ3n) is 4.00. The number of nitrogens with zero attached hydrogens (tertiary/aromatic N) is 2. The number of nitrogens with one attached hydrogen (secondary N) is 1. The van der Waals surface area contributed by atoms with E-state index >= 15 is 0 Å². The van der Waals surface area contributed by atoms with Gasteiger partial charge in [0.1, 0.15) is 16.6 Å². The molecule has 29 heavy (non-hydrogen) atoms.